The van der Waals surface area contributed by atoms with Crippen molar-refractivity contribution < 1.29 is 4.79 Å². The van der Waals surface area contributed by atoms with Crippen LogP contribution in [0.1, 0.15) is 18.7 Å². The average Bonchev–Trinajstić information content (AvgIpc) is 3.11. The second kappa shape index (κ2) is 5.20. The molecule has 0 aromatic carbocycles. The third kappa shape index (κ3) is 3.32. The first-order valence-corrected chi connectivity index (χ1v) is 6.12. The molecule has 1 aliphatic carbocycles. The Morgan fingerprint density at radius 1 is 1.50 bits per heavy atom. The molecule has 6 heteroatoms. The molecule has 0 aliphatic heterocycles. The smallest absolute Gasteiger partial charge is 0.239 e. The lowest BCUT2D eigenvalue weighted by Gasteiger charge is -2.18. The Kier molecular flexibility index (Phi) is 3.64. The van der Waals surface area contributed by atoms with Crippen LogP contribution in [-0.2, 0) is 4.79 Å². The van der Waals surface area contributed by atoms with Crippen molar-refractivity contribution in [2.45, 2.75) is 25.8 Å². The number of nitrogens with zero attached hydrogens (tertiary/aromatic N) is 3. The minimum atomic E-state index is 0.0438. The predicted octanol–water partition coefficient (Wildman–Crippen LogP) is 0.542. The van der Waals surface area contributed by atoms with E-state index in [0.717, 1.165) is 24.5 Å². The van der Waals surface area contributed by atoms with Gasteiger partial charge in [0.2, 0.25) is 5.91 Å². The van der Waals surface area contributed by atoms with Gasteiger partial charge in [0.25, 0.3) is 0 Å². The van der Waals surface area contributed by atoms with E-state index in [-0.39, 0.29) is 5.91 Å². The molecule has 98 valence electrons. The number of anilines is 2. The third-order valence-electron chi connectivity index (χ3n) is 2.79. The van der Waals surface area contributed by atoms with Crippen LogP contribution in [0, 0.1) is 6.92 Å². The number of hydrogen-bond acceptors (Lipinski definition) is 5. The molecular weight excluding hydrogens is 230 g/mol. The van der Waals surface area contributed by atoms with Crippen LogP contribution in [0.25, 0.3) is 0 Å². The van der Waals surface area contributed by atoms with Gasteiger partial charge in [0.1, 0.15) is 17.5 Å². The summed E-state index contributed by atoms with van der Waals surface area (Å²) in [4.78, 5) is 22.1. The summed E-state index contributed by atoms with van der Waals surface area (Å²) in [6, 6.07) is 2.23. The summed E-state index contributed by atoms with van der Waals surface area (Å²) < 4.78 is 0. The van der Waals surface area contributed by atoms with Crippen molar-refractivity contribution >= 4 is 17.5 Å². The van der Waals surface area contributed by atoms with Crippen molar-refractivity contribution in [2.75, 3.05) is 30.9 Å². The van der Waals surface area contributed by atoms with Crippen LogP contribution in [0.15, 0.2) is 6.07 Å². The van der Waals surface area contributed by atoms with Gasteiger partial charge >= 0.3 is 0 Å². The first-order chi connectivity index (χ1) is 8.58. The molecule has 0 bridgehead atoms. The number of nitrogens with one attached hydrogen (secondary N) is 2. The molecule has 1 fully saturated rings. The number of aromatic nitrogens is 2. The van der Waals surface area contributed by atoms with E-state index < -0.39 is 0 Å². The molecule has 1 aliphatic rings. The van der Waals surface area contributed by atoms with Crippen molar-refractivity contribution in [2.24, 2.45) is 0 Å². The topological polar surface area (TPSA) is 70.2 Å². The highest BCUT2D eigenvalue weighted by Gasteiger charge is 2.23. The Hall–Kier alpha value is -1.85. The van der Waals surface area contributed by atoms with E-state index in [1.807, 2.05) is 32.0 Å². The zero-order valence-electron chi connectivity index (χ0n) is 11.0. The fourth-order valence-electron chi connectivity index (χ4n) is 1.67. The summed E-state index contributed by atoms with van der Waals surface area (Å²) in [6.07, 6.45) is 2.21. The maximum absolute atomic E-state index is 11.7. The van der Waals surface area contributed by atoms with Crippen LogP contribution < -0.4 is 15.5 Å². The molecule has 2 rings (SSSR count). The van der Waals surface area contributed by atoms with E-state index in [0.29, 0.717) is 18.4 Å². The number of hydrogen-bond donors (Lipinski definition) is 2. The summed E-state index contributed by atoms with van der Waals surface area (Å²) >= 11 is 0. The van der Waals surface area contributed by atoms with Gasteiger partial charge in [-0.2, -0.15) is 0 Å². The fraction of sp³-hybridized carbons (Fsp3) is 0.583. The Morgan fingerprint density at radius 2 is 2.22 bits per heavy atom. The van der Waals surface area contributed by atoms with Gasteiger partial charge in [-0.1, -0.05) is 0 Å². The van der Waals surface area contributed by atoms with Gasteiger partial charge in [-0.15, -0.1) is 0 Å². The molecule has 2 N–H and O–H groups in total. The van der Waals surface area contributed by atoms with Gasteiger partial charge in [0.05, 0.1) is 6.54 Å². The first-order valence-electron chi connectivity index (χ1n) is 6.12. The maximum atomic E-state index is 11.7. The molecule has 1 heterocycles. The highest BCUT2D eigenvalue weighted by Crippen LogP contribution is 2.19. The number of likely N-dealkylation sites (N-methyl/N-ethyl adjacent to an activating group) is 1. The van der Waals surface area contributed by atoms with Crippen molar-refractivity contribution in [3.8, 4) is 0 Å². The van der Waals surface area contributed by atoms with Crippen molar-refractivity contribution in [1.82, 2.24) is 15.3 Å². The van der Waals surface area contributed by atoms with Crippen LogP contribution in [0.4, 0.5) is 11.6 Å². The quantitative estimate of drug-likeness (QED) is 0.797. The molecule has 1 saturated carbocycles. The number of amides is 1. The molecular formula is C12H19N5O. The number of carbonyl (C=O) groups excluding carboxylic acids is 1. The molecule has 0 saturated heterocycles. The second-order valence-electron chi connectivity index (χ2n) is 4.61. The summed E-state index contributed by atoms with van der Waals surface area (Å²) in [5, 5.41) is 5.94. The molecule has 18 heavy (non-hydrogen) atoms. The fourth-order valence-corrected chi connectivity index (χ4v) is 1.67. The first kappa shape index (κ1) is 12.6. The number of rotatable bonds is 5. The van der Waals surface area contributed by atoms with Gasteiger partial charge < -0.3 is 15.5 Å². The van der Waals surface area contributed by atoms with Crippen LogP contribution >= 0.6 is 0 Å². The Balaban J connectivity index is 2.00. The lowest BCUT2D eigenvalue weighted by Crippen LogP contribution is -2.36. The summed E-state index contributed by atoms with van der Waals surface area (Å²) in [5.41, 5.74) is 0. The van der Waals surface area contributed by atoms with E-state index in [2.05, 4.69) is 20.6 Å². The molecule has 0 radical (unpaired) electrons. The molecule has 1 aromatic rings. The largest absolute Gasteiger partial charge is 0.373 e. The highest BCUT2D eigenvalue weighted by molar-refractivity contribution is 5.81. The van der Waals surface area contributed by atoms with E-state index >= 15 is 0 Å². The SMILES string of the molecule is CNc1cc(N(C)CC(=O)NC2CC2)nc(C)n1. The monoisotopic (exact) mass is 249 g/mol. The lowest BCUT2D eigenvalue weighted by molar-refractivity contribution is -0.119. The lowest BCUT2D eigenvalue weighted by atomic mass is 10.4. The normalized spacial score (nSPS) is 14.2. The van der Waals surface area contributed by atoms with Gasteiger partial charge in [-0.25, -0.2) is 9.97 Å². The van der Waals surface area contributed by atoms with Crippen molar-refractivity contribution in [1.29, 1.82) is 0 Å². The molecule has 0 spiro atoms. The number of aryl methyl sites for hydroxylation is 1. The van der Waals surface area contributed by atoms with Gasteiger partial charge in [0, 0.05) is 26.2 Å². The summed E-state index contributed by atoms with van der Waals surface area (Å²) in [6.45, 7) is 2.15. The number of carbonyl (C=O) groups is 1. The van der Waals surface area contributed by atoms with Gasteiger partial charge in [0.15, 0.2) is 0 Å². The Bertz CT molecular complexity index is 444. The zero-order chi connectivity index (χ0) is 13.1. The van der Waals surface area contributed by atoms with Crippen LogP contribution in [0.3, 0.4) is 0 Å². The summed E-state index contributed by atoms with van der Waals surface area (Å²) in [7, 11) is 3.67. The van der Waals surface area contributed by atoms with Crippen LogP contribution in [0.5, 0.6) is 0 Å². The van der Waals surface area contributed by atoms with Crippen molar-refractivity contribution in [3.05, 3.63) is 11.9 Å². The minimum Gasteiger partial charge on any atom is -0.373 e. The van der Waals surface area contributed by atoms with Crippen LogP contribution in [0.2, 0.25) is 0 Å². The molecule has 0 atom stereocenters. The van der Waals surface area contributed by atoms with E-state index in [1.54, 1.807) is 0 Å². The molecule has 6 nitrogen and oxygen atoms in total. The maximum Gasteiger partial charge on any atom is 0.239 e. The average molecular weight is 249 g/mol. The third-order valence-corrected chi connectivity index (χ3v) is 2.79. The standard InChI is InChI=1S/C12H19N5O/c1-8-14-10(13-2)6-11(15-8)17(3)7-12(18)16-9-4-5-9/h6,9H,4-5,7H2,1-3H3,(H,16,18)(H,13,14,15). The van der Waals surface area contributed by atoms with E-state index in [9.17, 15) is 4.79 Å². The summed E-state index contributed by atoms with van der Waals surface area (Å²) in [5.74, 6) is 2.23. The van der Waals surface area contributed by atoms with Gasteiger partial charge in [-0.05, 0) is 19.8 Å². The minimum absolute atomic E-state index is 0.0438. The Morgan fingerprint density at radius 3 is 2.83 bits per heavy atom. The van der Waals surface area contributed by atoms with E-state index in [4.69, 9.17) is 0 Å². The molecule has 1 amide bonds. The second-order valence-corrected chi connectivity index (χ2v) is 4.61. The predicted molar refractivity (Wildman–Crippen MR) is 70.8 cm³/mol. The van der Waals surface area contributed by atoms with Gasteiger partial charge in [-0.3, -0.25) is 4.79 Å². The van der Waals surface area contributed by atoms with E-state index in [1.165, 1.54) is 0 Å². The highest BCUT2D eigenvalue weighted by atomic mass is 16.2. The zero-order valence-corrected chi connectivity index (χ0v) is 11.0. The molecule has 1 aromatic heterocycles. The van der Waals surface area contributed by atoms with Crippen LogP contribution in [-0.4, -0.2) is 42.6 Å². The Labute approximate surface area is 107 Å². The van der Waals surface area contributed by atoms with Crippen molar-refractivity contribution in [3.63, 3.8) is 0 Å². The molecule has 0 unspecified atom stereocenters.